The van der Waals surface area contributed by atoms with Crippen molar-refractivity contribution in [3.8, 4) is 11.5 Å². The third-order valence-electron chi connectivity index (χ3n) is 4.54. The number of nitrogens with zero attached hydrogens (tertiary/aromatic N) is 1. The van der Waals surface area contributed by atoms with Crippen molar-refractivity contribution >= 4 is 29.6 Å². The van der Waals surface area contributed by atoms with Crippen LogP contribution in [0, 0.1) is 6.92 Å². The fourth-order valence-corrected chi connectivity index (χ4v) is 3.04. The third kappa shape index (κ3) is 3.98. The Morgan fingerprint density at radius 3 is 2.27 bits per heavy atom. The van der Waals surface area contributed by atoms with Crippen molar-refractivity contribution in [2.45, 2.75) is 6.92 Å². The van der Waals surface area contributed by atoms with Crippen molar-refractivity contribution in [1.82, 2.24) is 5.32 Å². The fourth-order valence-electron chi connectivity index (χ4n) is 3.04. The number of urea groups is 1. The van der Waals surface area contributed by atoms with Gasteiger partial charge in [0, 0.05) is 0 Å². The van der Waals surface area contributed by atoms with Crippen molar-refractivity contribution < 1.29 is 19.1 Å². The molecule has 4 rings (SSSR count). The topological polar surface area (TPSA) is 75.7 Å². The van der Waals surface area contributed by atoms with Crippen LogP contribution in [0.1, 0.15) is 11.1 Å². The number of hydrogen-bond acceptors (Lipinski definition) is 4. The van der Waals surface area contributed by atoms with Gasteiger partial charge in [-0.05, 0) is 55.0 Å². The number of carbonyl (C=O) groups is 3. The standard InChI is InChI=1S/C24H18N2O4/c1-16-10-12-18(13-11-16)26-23(28)21(22(27)25-24(26)29)15-17-6-5-9-20(14-17)30-19-7-3-2-4-8-19/h2-15H,1H3,(H,25,27,29)/b21-15-. The van der Waals surface area contributed by atoms with Gasteiger partial charge in [-0.1, -0.05) is 48.0 Å². The maximum absolute atomic E-state index is 13.0. The number of amides is 4. The van der Waals surface area contributed by atoms with Crippen LogP contribution in [0.15, 0.2) is 84.4 Å². The molecule has 30 heavy (non-hydrogen) atoms. The minimum Gasteiger partial charge on any atom is -0.457 e. The minimum absolute atomic E-state index is 0.132. The molecule has 0 aromatic heterocycles. The van der Waals surface area contributed by atoms with Crippen LogP contribution in [-0.2, 0) is 9.59 Å². The molecule has 4 amide bonds. The molecule has 3 aromatic carbocycles. The molecular weight excluding hydrogens is 380 g/mol. The predicted molar refractivity (Wildman–Crippen MR) is 113 cm³/mol. The number of rotatable bonds is 4. The zero-order valence-corrected chi connectivity index (χ0v) is 16.2. The lowest BCUT2D eigenvalue weighted by Gasteiger charge is -2.26. The molecule has 1 N–H and O–H groups in total. The molecule has 0 aliphatic carbocycles. The molecule has 6 heteroatoms. The summed E-state index contributed by atoms with van der Waals surface area (Å²) in [5.74, 6) is -0.180. The fraction of sp³-hybridized carbons (Fsp3) is 0.0417. The van der Waals surface area contributed by atoms with Gasteiger partial charge in [-0.15, -0.1) is 0 Å². The number of benzene rings is 3. The Hall–Kier alpha value is -4.19. The van der Waals surface area contributed by atoms with E-state index in [-0.39, 0.29) is 5.57 Å². The zero-order valence-electron chi connectivity index (χ0n) is 16.2. The lowest BCUT2D eigenvalue weighted by atomic mass is 10.1. The van der Waals surface area contributed by atoms with Crippen molar-refractivity contribution in [3.05, 3.63) is 95.6 Å². The van der Waals surface area contributed by atoms with E-state index in [1.54, 1.807) is 48.5 Å². The first-order chi connectivity index (χ1) is 14.5. The Kier molecular flexibility index (Phi) is 5.13. The lowest BCUT2D eigenvalue weighted by molar-refractivity contribution is -0.122. The van der Waals surface area contributed by atoms with Gasteiger partial charge in [0.2, 0.25) is 0 Å². The normalized spacial score (nSPS) is 15.3. The van der Waals surface area contributed by atoms with Gasteiger partial charge in [0.15, 0.2) is 0 Å². The second-order valence-electron chi connectivity index (χ2n) is 6.78. The number of nitrogens with one attached hydrogen (secondary N) is 1. The molecule has 1 aliphatic rings. The number of para-hydroxylation sites is 1. The van der Waals surface area contributed by atoms with Gasteiger partial charge in [-0.3, -0.25) is 14.9 Å². The van der Waals surface area contributed by atoms with Crippen LogP contribution in [0.5, 0.6) is 11.5 Å². The van der Waals surface area contributed by atoms with Crippen LogP contribution in [0.2, 0.25) is 0 Å². The average molecular weight is 398 g/mol. The van der Waals surface area contributed by atoms with E-state index in [0.717, 1.165) is 10.5 Å². The first kappa shape index (κ1) is 19.1. The largest absolute Gasteiger partial charge is 0.457 e. The second-order valence-corrected chi connectivity index (χ2v) is 6.78. The van der Waals surface area contributed by atoms with Crippen LogP contribution in [0.4, 0.5) is 10.5 Å². The molecule has 1 heterocycles. The van der Waals surface area contributed by atoms with E-state index in [0.29, 0.717) is 22.7 Å². The summed E-state index contributed by atoms with van der Waals surface area (Å²) < 4.78 is 5.80. The van der Waals surface area contributed by atoms with Crippen LogP contribution < -0.4 is 15.0 Å². The Balaban J connectivity index is 1.64. The van der Waals surface area contributed by atoms with Gasteiger partial charge in [-0.25, -0.2) is 9.69 Å². The zero-order chi connectivity index (χ0) is 21.1. The number of ether oxygens (including phenoxy) is 1. The summed E-state index contributed by atoms with van der Waals surface area (Å²) in [4.78, 5) is 38.5. The molecule has 0 atom stereocenters. The van der Waals surface area contributed by atoms with E-state index in [1.807, 2.05) is 37.3 Å². The second kappa shape index (κ2) is 8.05. The summed E-state index contributed by atoms with van der Waals surface area (Å²) in [5.41, 5.74) is 1.85. The van der Waals surface area contributed by atoms with Crippen LogP contribution in [-0.4, -0.2) is 17.8 Å². The summed E-state index contributed by atoms with van der Waals surface area (Å²) in [6.07, 6.45) is 1.45. The van der Waals surface area contributed by atoms with Crippen molar-refractivity contribution in [2.75, 3.05) is 4.90 Å². The summed E-state index contributed by atoms with van der Waals surface area (Å²) in [7, 11) is 0. The average Bonchev–Trinajstić information content (AvgIpc) is 2.73. The molecule has 1 saturated heterocycles. The number of aryl methyl sites for hydroxylation is 1. The van der Waals surface area contributed by atoms with Crippen LogP contribution in [0.25, 0.3) is 6.08 Å². The van der Waals surface area contributed by atoms with Gasteiger partial charge < -0.3 is 4.74 Å². The monoisotopic (exact) mass is 398 g/mol. The molecular formula is C24H18N2O4. The quantitative estimate of drug-likeness (QED) is 0.520. The smallest absolute Gasteiger partial charge is 0.335 e. The summed E-state index contributed by atoms with van der Waals surface area (Å²) in [6, 6.07) is 22.4. The first-order valence-electron chi connectivity index (χ1n) is 9.32. The highest BCUT2D eigenvalue weighted by atomic mass is 16.5. The number of barbiturate groups is 1. The highest BCUT2D eigenvalue weighted by Crippen LogP contribution is 2.25. The van der Waals surface area contributed by atoms with Crippen molar-refractivity contribution in [3.63, 3.8) is 0 Å². The van der Waals surface area contributed by atoms with Gasteiger partial charge in [0.25, 0.3) is 11.8 Å². The Morgan fingerprint density at radius 2 is 1.53 bits per heavy atom. The van der Waals surface area contributed by atoms with Gasteiger partial charge in [0.05, 0.1) is 5.69 Å². The number of hydrogen-bond donors (Lipinski definition) is 1. The first-order valence-corrected chi connectivity index (χ1v) is 9.32. The number of carbonyl (C=O) groups excluding carboxylic acids is 3. The number of anilines is 1. The summed E-state index contributed by atoms with van der Waals surface area (Å²) in [5, 5.41) is 2.23. The van der Waals surface area contributed by atoms with Crippen molar-refractivity contribution in [2.24, 2.45) is 0 Å². The molecule has 148 valence electrons. The van der Waals surface area contributed by atoms with E-state index in [9.17, 15) is 14.4 Å². The van der Waals surface area contributed by atoms with Gasteiger partial charge >= 0.3 is 6.03 Å². The molecule has 6 nitrogen and oxygen atoms in total. The number of imide groups is 2. The molecule has 1 fully saturated rings. The minimum atomic E-state index is -0.771. The Labute approximate surface area is 173 Å². The summed E-state index contributed by atoms with van der Waals surface area (Å²) in [6.45, 7) is 1.90. The molecule has 0 unspecified atom stereocenters. The molecule has 0 spiro atoms. The Bertz CT molecular complexity index is 1150. The van der Waals surface area contributed by atoms with E-state index < -0.39 is 17.8 Å². The SMILES string of the molecule is Cc1ccc(N2C(=O)NC(=O)/C(=C/c3cccc(Oc4ccccc4)c3)C2=O)cc1. The molecule has 0 bridgehead atoms. The lowest BCUT2D eigenvalue weighted by Crippen LogP contribution is -2.54. The van der Waals surface area contributed by atoms with Gasteiger partial charge in [0.1, 0.15) is 17.1 Å². The van der Waals surface area contributed by atoms with E-state index in [2.05, 4.69) is 5.32 Å². The molecule has 0 radical (unpaired) electrons. The third-order valence-corrected chi connectivity index (χ3v) is 4.54. The van der Waals surface area contributed by atoms with Crippen LogP contribution in [0.3, 0.4) is 0 Å². The van der Waals surface area contributed by atoms with Crippen molar-refractivity contribution in [1.29, 1.82) is 0 Å². The highest BCUT2D eigenvalue weighted by Gasteiger charge is 2.36. The highest BCUT2D eigenvalue weighted by molar-refractivity contribution is 6.39. The molecule has 3 aromatic rings. The Morgan fingerprint density at radius 1 is 0.833 bits per heavy atom. The van der Waals surface area contributed by atoms with E-state index >= 15 is 0 Å². The van der Waals surface area contributed by atoms with E-state index in [4.69, 9.17) is 4.74 Å². The van der Waals surface area contributed by atoms with Gasteiger partial charge in [-0.2, -0.15) is 0 Å². The summed E-state index contributed by atoms with van der Waals surface area (Å²) >= 11 is 0. The molecule has 0 saturated carbocycles. The van der Waals surface area contributed by atoms with Crippen LogP contribution >= 0.6 is 0 Å². The maximum Gasteiger partial charge on any atom is 0.335 e. The molecule has 1 aliphatic heterocycles. The van der Waals surface area contributed by atoms with E-state index in [1.165, 1.54) is 6.08 Å². The maximum atomic E-state index is 13.0. The predicted octanol–water partition coefficient (Wildman–Crippen LogP) is 4.45.